The second-order valence-corrected chi connectivity index (χ2v) is 20.7. The first-order valence-electron chi connectivity index (χ1n) is 11.2. The summed E-state index contributed by atoms with van der Waals surface area (Å²) in [5, 5.41) is 0. The summed E-state index contributed by atoms with van der Waals surface area (Å²) in [6.45, 7) is 20.0. The topological polar surface area (TPSA) is 18.5 Å². The molecule has 0 fully saturated rings. The number of methoxy groups -OCH3 is 1. The number of hydrogen-bond acceptors (Lipinski definition) is 2. The predicted molar refractivity (Wildman–Crippen MR) is 134 cm³/mol. The summed E-state index contributed by atoms with van der Waals surface area (Å²) in [5.74, 6) is 1.70. The van der Waals surface area contributed by atoms with E-state index < -0.39 is 0 Å². The van der Waals surface area contributed by atoms with Crippen molar-refractivity contribution in [1.29, 1.82) is 0 Å². The SMILES string of the molecule is COC(C)=CC(=COc1ccccc1)C(C)(C)C.C[SiH](C)[Ti][C]1=CC(C(C)(C)C)=CC1. The van der Waals surface area contributed by atoms with Crippen LogP contribution in [0.15, 0.2) is 75.6 Å². The molecular weight excluding hydrogens is 432 g/mol. The molecule has 1 aliphatic carbocycles. The summed E-state index contributed by atoms with van der Waals surface area (Å²) in [6, 6.07) is 9.75. The summed E-state index contributed by atoms with van der Waals surface area (Å²) in [7, 11) is 1.67. The Hall–Kier alpha value is -1.29. The molecule has 0 amide bonds. The standard InChI is InChI=1S/C16H22O2.C9H13.C2H7Si.Ti/c1-13(17-5)11-14(16(2,3)4)12-18-15-9-7-6-8-10-15;1-9(2,3)8-6-4-5-7-8;1-3-2;/h6-12H,1-5H3;6-7H,4H2,1-3H3;3H,1-2H3;. The van der Waals surface area contributed by atoms with Gasteiger partial charge in [0.2, 0.25) is 0 Å². The van der Waals surface area contributed by atoms with Crippen molar-refractivity contribution in [2.45, 2.75) is 68.0 Å². The number of ether oxygens (including phenoxy) is 2. The van der Waals surface area contributed by atoms with Crippen molar-refractivity contribution in [3.63, 3.8) is 0 Å². The Kier molecular flexibility index (Phi) is 11.3. The first-order chi connectivity index (χ1) is 14.3. The van der Waals surface area contributed by atoms with Gasteiger partial charge in [0.15, 0.2) is 0 Å². The Morgan fingerprint density at radius 3 is 2.10 bits per heavy atom. The van der Waals surface area contributed by atoms with Gasteiger partial charge in [0.1, 0.15) is 5.75 Å². The van der Waals surface area contributed by atoms with Crippen molar-refractivity contribution in [1.82, 2.24) is 0 Å². The molecule has 2 nitrogen and oxygen atoms in total. The van der Waals surface area contributed by atoms with E-state index in [9.17, 15) is 0 Å². The van der Waals surface area contributed by atoms with Crippen LogP contribution in [0.2, 0.25) is 13.1 Å². The molecule has 2 rings (SSSR count). The van der Waals surface area contributed by atoms with Gasteiger partial charge >= 0.3 is 92.4 Å². The predicted octanol–water partition coefficient (Wildman–Crippen LogP) is 7.86. The van der Waals surface area contributed by atoms with Crippen molar-refractivity contribution in [3.05, 3.63) is 75.6 Å². The van der Waals surface area contributed by atoms with E-state index in [1.54, 1.807) is 22.8 Å². The summed E-state index contributed by atoms with van der Waals surface area (Å²) < 4.78 is 12.7. The Morgan fingerprint density at radius 2 is 1.65 bits per heavy atom. The first-order valence-corrected chi connectivity index (χ1v) is 17.5. The van der Waals surface area contributed by atoms with Crippen molar-refractivity contribution in [3.8, 4) is 5.75 Å². The Bertz CT molecular complexity index is 804. The molecule has 0 bridgehead atoms. The van der Waals surface area contributed by atoms with Gasteiger partial charge in [0, 0.05) is 0 Å². The molecule has 0 unspecified atom stereocenters. The number of para-hydroxylation sites is 1. The molecule has 1 aromatic rings. The molecule has 0 saturated carbocycles. The molecule has 0 saturated heterocycles. The summed E-state index contributed by atoms with van der Waals surface area (Å²) in [6.07, 6.45) is 10.0. The van der Waals surface area contributed by atoms with Crippen LogP contribution in [-0.4, -0.2) is 13.8 Å². The number of allylic oxidation sites excluding steroid dienone is 7. The number of rotatable bonds is 6. The first kappa shape index (κ1) is 27.7. The molecule has 0 heterocycles. The zero-order valence-corrected chi connectivity index (χ0v) is 24.0. The van der Waals surface area contributed by atoms with Crippen LogP contribution in [0.4, 0.5) is 0 Å². The van der Waals surface area contributed by atoms with Crippen LogP contribution < -0.4 is 4.74 Å². The van der Waals surface area contributed by atoms with Gasteiger partial charge in [-0.2, -0.15) is 0 Å². The number of benzene rings is 1. The summed E-state index contributed by atoms with van der Waals surface area (Å²) in [4.78, 5) is 0. The molecule has 1 aromatic carbocycles. The average molecular weight is 475 g/mol. The molecule has 0 radical (unpaired) electrons. The van der Waals surface area contributed by atoms with Crippen molar-refractivity contribution in [2.24, 2.45) is 10.8 Å². The molecule has 4 heteroatoms. The van der Waals surface area contributed by atoms with Gasteiger partial charge in [0.05, 0.1) is 19.1 Å². The van der Waals surface area contributed by atoms with Crippen molar-refractivity contribution in [2.75, 3.05) is 7.11 Å². The zero-order chi connectivity index (χ0) is 23.7. The van der Waals surface area contributed by atoms with Gasteiger partial charge in [-0.25, -0.2) is 0 Å². The summed E-state index contributed by atoms with van der Waals surface area (Å²) >= 11 is 0.302. The molecule has 31 heavy (non-hydrogen) atoms. The van der Waals surface area contributed by atoms with E-state index in [-0.39, 0.29) is 12.1 Å². The van der Waals surface area contributed by atoms with Crippen molar-refractivity contribution < 1.29 is 27.9 Å². The molecule has 1 aliphatic rings. The fraction of sp³-hybridized carbons (Fsp3) is 0.481. The monoisotopic (exact) mass is 474 g/mol. The van der Waals surface area contributed by atoms with Crippen LogP contribution in [0.5, 0.6) is 5.75 Å². The van der Waals surface area contributed by atoms with Crippen LogP contribution in [0.25, 0.3) is 0 Å². The quantitative estimate of drug-likeness (QED) is 0.237. The van der Waals surface area contributed by atoms with Gasteiger partial charge < -0.3 is 9.47 Å². The molecule has 0 N–H and O–H groups in total. The van der Waals surface area contributed by atoms with Gasteiger partial charge in [-0.05, 0) is 36.1 Å². The van der Waals surface area contributed by atoms with E-state index in [0.29, 0.717) is 23.8 Å². The van der Waals surface area contributed by atoms with Crippen molar-refractivity contribution >= 4 is 6.66 Å². The van der Waals surface area contributed by atoms with Gasteiger partial charge in [-0.3, -0.25) is 0 Å². The average Bonchev–Trinajstić information content (AvgIpc) is 3.13. The van der Waals surface area contributed by atoms with Crippen LogP contribution in [0.3, 0.4) is 0 Å². The van der Waals surface area contributed by atoms with Gasteiger partial charge in [-0.1, -0.05) is 39.0 Å². The van der Waals surface area contributed by atoms with E-state index in [1.807, 2.05) is 43.3 Å². The van der Waals surface area contributed by atoms with E-state index in [4.69, 9.17) is 9.47 Å². The van der Waals surface area contributed by atoms with E-state index in [2.05, 4.69) is 66.8 Å². The summed E-state index contributed by atoms with van der Waals surface area (Å²) in [5.41, 5.74) is 3.03. The molecular formula is C27H42O2SiTi. The third kappa shape index (κ3) is 11.2. The number of hydrogen-bond donors (Lipinski definition) is 0. The molecule has 0 aliphatic heterocycles. The van der Waals surface area contributed by atoms with Crippen LogP contribution in [-0.2, 0) is 23.1 Å². The fourth-order valence-electron chi connectivity index (χ4n) is 2.86. The normalized spacial score (nSPS) is 15.1. The van der Waals surface area contributed by atoms with E-state index >= 15 is 0 Å². The molecule has 170 valence electrons. The van der Waals surface area contributed by atoms with Crippen LogP contribution in [0.1, 0.15) is 54.9 Å². The zero-order valence-electron chi connectivity index (χ0n) is 21.3. The third-order valence-electron chi connectivity index (χ3n) is 4.82. The third-order valence-corrected chi connectivity index (χ3v) is 10.8. The molecule has 0 spiro atoms. The van der Waals surface area contributed by atoms with Crippen LogP contribution >= 0.6 is 0 Å². The Morgan fingerprint density at radius 1 is 1.03 bits per heavy atom. The van der Waals surface area contributed by atoms with Gasteiger partial charge in [-0.15, -0.1) is 0 Å². The maximum atomic E-state index is 5.68. The van der Waals surface area contributed by atoms with E-state index in [0.717, 1.165) is 17.1 Å². The van der Waals surface area contributed by atoms with E-state index in [1.165, 1.54) is 6.42 Å². The second-order valence-electron chi connectivity index (χ2n) is 10.3. The maximum absolute atomic E-state index is 5.68. The molecule has 0 atom stereocenters. The van der Waals surface area contributed by atoms with Gasteiger partial charge in [0.25, 0.3) is 0 Å². The fourth-order valence-corrected chi connectivity index (χ4v) is 8.62. The minimum absolute atomic E-state index is 0.00850. The second kappa shape index (κ2) is 12.7. The van der Waals surface area contributed by atoms with Crippen LogP contribution in [0, 0.1) is 10.8 Å². The minimum atomic E-state index is -0.282. The Labute approximate surface area is 201 Å². The molecule has 0 aromatic heterocycles. The Balaban J connectivity index is 0.000000327.